The zero-order valence-corrected chi connectivity index (χ0v) is 12.1. The van der Waals surface area contributed by atoms with Gasteiger partial charge in [-0.15, -0.1) is 0 Å². The SMILES string of the molecule is COc1cc([C@H](N)[C@H](O)C(C)C)cc(OC)c1OC. The van der Waals surface area contributed by atoms with E-state index in [4.69, 9.17) is 19.9 Å². The molecule has 0 aliphatic rings. The molecule has 108 valence electrons. The molecule has 0 aliphatic carbocycles. The normalized spacial score (nSPS) is 14.1. The molecule has 5 nitrogen and oxygen atoms in total. The predicted octanol–water partition coefficient (Wildman–Crippen LogP) is 1.73. The van der Waals surface area contributed by atoms with E-state index in [-0.39, 0.29) is 5.92 Å². The Kier molecular flexibility index (Phi) is 5.44. The van der Waals surface area contributed by atoms with Gasteiger partial charge >= 0.3 is 0 Å². The van der Waals surface area contributed by atoms with E-state index in [0.29, 0.717) is 17.2 Å². The van der Waals surface area contributed by atoms with E-state index in [2.05, 4.69) is 0 Å². The van der Waals surface area contributed by atoms with Crippen LogP contribution in [0.3, 0.4) is 0 Å². The van der Waals surface area contributed by atoms with Crippen molar-refractivity contribution in [3.05, 3.63) is 17.7 Å². The van der Waals surface area contributed by atoms with Crippen LogP contribution in [0.2, 0.25) is 0 Å². The van der Waals surface area contributed by atoms with E-state index in [1.165, 1.54) is 0 Å². The Labute approximate surface area is 114 Å². The molecule has 0 heterocycles. The van der Waals surface area contributed by atoms with Crippen LogP contribution in [-0.2, 0) is 0 Å². The summed E-state index contributed by atoms with van der Waals surface area (Å²) in [6.45, 7) is 3.84. The molecule has 0 saturated carbocycles. The number of rotatable bonds is 6. The molecule has 0 bridgehead atoms. The zero-order valence-electron chi connectivity index (χ0n) is 12.1. The summed E-state index contributed by atoms with van der Waals surface area (Å²) in [6, 6.07) is 3.02. The Bertz CT molecular complexity index is 395. The Morgan fingerprint density at radius 3 is 1.79 bits per heavy atom. The second-order valence-electron chi connectivity index (χ2n) is 4.72. The standard InChI is InChI=1S/C14H23NO4/c1-8(2)13(16)12(15)9-6-10(17-3)14(19-5)11(7-9)18-4/h6-8,12-13,16H,15H2,1-5H3/t12-,13+/m0/s1. The average molecular weight is 269 g/mol. The van der Waals surface area contributed by atoms with Gasteiger partial charge in [0.1, 0.15) is 0 Å². The van der Waals surface area contributed by atoms with Gasteiger partial charge in [0.2, 0.25) is 5.75 Å². The summed E-state index contributed by atoms with van der Waals surface area (Å²) < 4.78 is 15.8. The van der Waals surface area contributed by atoms with Gasteiger partial charge in [0.05, 0.1) is 33.5 Å². The second kappa shape index (κ2) is 6.63. The summed E-state index contributed by atoms with van der Waals surface area (Å²) in [5.74, 6) is 1.64. The largest absolute Gasteiger partial charge is 0.493 e. The topological polar surface area (TPSA) is 73.9 Å². The fourth-order valence-electron chi connectivity index (χ4n) is 1.91. The van der Waals surface area contributed by atoms with Crippen molar-refractivity contribution in [1.82, 2.24) is 0 Å². The molecule has 0 unspecified atom stereocenters. The predicted molar refractivity (Wildman–Crippen MR) is 73.9 cm³/mol. The van der Waals surface area contributed by atoms with Gasteiger partial charge in [0, 0.05) is 0 Å². The summed E-state index contributed by atoms with van der Waals surface area (Å²) >= 11 is 0. The first-order valence-corrected chi connectivity index (χ1v) is 6.19. The Hall–Kier alpha value is -1.46. The van der Waals surface area contributed by atoms with Crippen LogP contribution in [0.1, 0.15) is 25.5 Å². The highest BCUT2D eigenvalue weighted by atomic mass is 16.5. The number of methoxy groups -OCH3 is 3. The second-order valence-corrected chi connectivity index (χ2v) is 4.72. The van der Waals surface area contributed by atoms with E-state index < -0.39 is 12.1 Å². The van der Waals surface area contributed by atoms with Crippen molar-refractivity contribution in [3.8, 4) is 17.2 Å². The van der Waals surface area contributed by atoms with Crippen molar-refractivity contribution in [3.63, 3.8) is 0 Å². The van der Waals surface area contributed by atoms with Gasteiger partial charge < -0.3 is 25.1 Å². The van der Waals surface area contributed by atoms with Gasteiger partial charge in [-0.05, 0) is 23.6 Å². The van der Waals surface area contributed by atoms with Crippen molar-refractivity contribution < 1.29 is 19.3 Å². The van der Waals surface area contributed by atoms with Gasteiger partial charge in [-0.3, -0.25) is 0 Å². The highest BCUT2D eigenvalue weighted by Gasteiger charge is 2.23. The number of ether oxygens (including phenoxy) is 3. The number of aliphatic hydroxyl groups excluding tert-OH is 1. The maximum absolute atomic E-state index is 10.1. The molecule has 1 aromatic carbocycles. The number of nitrogens with two attached hydrogens (primary N) is 1. The minimum absolute atomic E-state index is 0.0640. The third-order valence-electron chi connectivity index (χ3n) is 3.12. The zero-order chi connectivity index (χ0) is 14.6. The average Bonchev–Trinajstić information content (AvgIpc) is 2.43. The summed E-state index contributed by atoms with van der Waals surface area (Å²) in [6.07, 6.45) is -0.636. The number of aliphatic hydroxyl groups is 1. The molecule has 5 heteroatoms. The van der Waals surface area contributed by atoms with E-state index in [1.54, 1.807) is 33.5 Å². The molecule has 3 N–H and O–H groups in total. The third-order valence-corrected chi connectivity index (χ3v) is 3.12. The van der Waals surface area contributed by atoms with Crippen LogP contribution in [0.5, 0.6) is 17.2 Å². The Morgan fingerprint density at radius 1 is 1.00 bits per heavy atom. The molecule has 2 atom stereocenters. The quantitative estimate of drug-likeness (QED) is 0.822. The van der Waals surface area contributed by atoms with Gasteiger partial charge in [-0.25, -0.2) is 0 Å². The molecule has 0 saturated heterocycles. The highest BCUT2D eigenvalue weighted by molar-refractivity contribution is 5.54. The lowest BCUT2D eigenvalue weighted by Gasteiger charge is -2.24. The lowest BCUT2D eigenvalue weighted by molar-refractivity contribution is 0.0977. The van der Waals surface area contributed by atoms with E-state index in [0.717, 1.165) is 5.56 Å². The molecular formula is C14H23NO4. The van der Waals surface area contributed by atoms with Crippen molar-refractivity contribution in [2.24, 2.45) is 11.7 Å². The van der Waals surface area contributed by atoms with Crippen LogP contribution < -0.4 is 19.9 Å². The first-order valence-electron chi connectivity index (χ1n) is 6.19. The van der Waals surface area contributed by atoms with E-state index in [9.17, 15) is 5.11 Å². The minimum atomic E-state index is -0.636. The van der Waals surface area contributed by atoms with Crippen LogP contribution in [0.25, 0.3) is 0 Å². The summed E-state index contributed by atoms with van der Waals surface area (Å²) in [5.41, 5.74) is 6.82. The highest BCUT2D eigenvalue weighted by Crippen LogP contribution is 2.40. The third kappa shape index (κ3) is 3.30. The Morgan fingerprint density at radius 2 is 1.47 bits per heavy atom. The van der Waals surface area contributed by atoms with Crippen molar-refractivity contribution >= 4 is 0 Å². The fraction of sp³-hybridized carbons (Fsp3) is 0.571. The number of hydrogen-bond acceptors (Lipinski definition) is 5. The summed E-state index contributed by atoms with van der Waals surface area (Å²) in [7, 11) is 4.64. The van der Waals surface area contributed by atoms with Gasteiger partial charge in [-0.1, -0.05) is 13.8 Å². The fourth-order valence-corrected chi connectivity index (χ4v) is 1.91. The van der Waals surface area contributed by atoms with Crippen LogP contribution in [0.4, 0.5) is 0 Å². The summed E-state index contributed by atoms with van der Waals surface area (Å²) in [5, 5.41) is 10.1. The molecule has 0 aromatic heterocycles. The molecular weight excluding hydrogens is 246 g/mol. The summed E-state index contributed by atoms with van der Waals surface area (Å²) in [4.78, 5) is 0. The van der Waals surface area contributed by atoms with Crippen molar-refractivity contribution in [1.29, 1.82) is 0 Å². The van der Waals surface area contributed by atoms with E-state index >= 15 is 0 Å². The van der Waals surface area contributed by atoms with Crippen LogP contribution in [-0.4, -0.2) is 32.5 Å². The van der Waals surface area contributed by atoms with Gasteiger partial charge in [0.15, 0.2) is 11.5 Å². The molecule has 0 spiro atoms. The molecule has 0 amide bonds. The number of benzene rings is 1. The molecule has 0 fully saturated rings. The minimum Gasteiger partial charge on any atom is -0.493 e. The maximum Gasteiger partial charge on any atom is 0.203 e. The molecule has 19 heavy (non-hydrogen) atoms. The van der Waals surface area contributed by atoms with Crippen molar-refractivity contribution in [2.75, 3.05) is 21.3 Å². The van der Waals surface area contributed by atoms with Crippen LogP contribution in [0.15, 0.2) is 12.1 Å². The number of hydrogen-bond donors (Lipinski definition) is 2. The molecule has 0 aliphatic heterocycles. The first kappa shape index (κ1) is 15.6. The lowest BCUT2D eigenvalue weighted by Crippen LogP contribution is -2.30. The maximum atomic E-state index is 10.1. The first-order chi connectivity index (χ1) is 8.96. The van der Waals surface area contributed by atoms with Crippen LogP contribution >= 0.6 is 0 Å². The molecule has 1 aromatic rings. The lowest BCUT2D eigenvalue weighted by atomic mass is 9.94. The Balaban J connectivity index is 3.22. The monoisotopic (exact) mass is 269 g/mol. The van der Waals surface area contributed by atoms with Crippen molar-refractivity contribution in [2.45, 2.75) is 26.0 Å². The smallest absolute Gasteiger partial charge is 0.203 e. The van der Waals surface area contributed by atoms with Gasteiger partial charge in [0.25, 0.3) is 0 Å². The van der Waals surface area contributed by atoms with E-state index in [1.807, 2.05) is 13.8 Å². The molecule has 1 rings (SSSR count). The molecule has 0 radical (unpaired) electrons. The van der Waals surface area contributed by atoms with Crippen LogP contribution in [0, 0.1) is 5.92 Å². The van der Waals surface area contributed by atoms with Gasteiger partial charge in [-0.2, -0.15) is 0 Å².